The molecule has 4 aromatic rings. The Labute approximate surface area is 193 Å². The fourth-order valence-electron chi connectivity index (χ4n) is 3.09. The molecular weight excluding hydrogens is 454 g/mol. The van der Waals surface area contributed by atoms with Crippen molar-refractivity contribution < 1.29 is 13.9 Å². The molecule has 0 bridgehead atoms. The number of rotatable bonds is 9. The largest absolute Gasteiger partial charge is 0.418 e. The van der Waals surface area contributed by atoms with Crippen molar-refractivity contribution in [2.45, 2.75) is 11.4 Å². The van der Waals surface area contributed by atoms with Gasteiger partial charge in [0.1, 0.15) is 0 Å². The van der Waals surface area contributed by atoms with Gasteiger partial charge < -0.3 is 14.1 Å². The van der Waals surface area contributed by atoms with Gasteiger partial charge >= 0.3 is 0 Å². The molecule has 1 amide bonds. The third kappa shape index (κ3) is 5.27. The van der Waals surface area contributed by atoms with Gasteiger partial charge in [-0.3, -0.25) is 4.79 Å². The molecule has 0 fully saturated rings. The van der Waals surface area contributed by atoms with E-state index < -0.39 is 0 Å². The number of carbonyl (C=O) groups is 1. The van der Waals surface area contributed by atoms with E-state index in [1.165, 1.54) is 23.1 Å². The Morgan fingerprint density at radius 3 is 2.81 bits per heavy atom. The van der Waals surface area contributed by atoms with E-state index in [0.29, 0.717) is 30.0 Å². The molecule has 9 heteroatoms. The van der Waals surface area contributed by atoms with Crippen LogP contribution in [-0.2, 0) is 16.1 Å². The molecule has 0 saturated heterocycles. The summed E-state index contributed by atoms with van der Waals surface area (Å²) >= 11 is 9.40. The van der Waals surface area contributed by atoms with Crippen molar-refractivity contribution in [1.82, 2.24) is 15.1 Å². The van der Waals surface area contributed by atoms with E-state index in [1.54, 1.807) is 12.0 Å². The first-order valence-electron chi connectivity index (χ1n) is 9.58. The van der Waals surface area contributed by atoms with Crippen molar-refractivity contribution in [3.05, 3.63) is 64.8 Å². The normalized spacial score (nSPS) is 11.2. The van der Waals surface area contributed by atoms with Crippen LogP contribution >= 0.6 is 34.7 Å². The van der Waals surface area contributed by atoms with Crippen LogP contribution in [-0.4, -0.2) is 47.0 Å². The number of thioether (sulfide) groups is 1. The predicted octanol–water partition coefficient (Wildman–Crippen LogP) is 5.37. The molecular formula is C22H20ClN3O3S2. The SMILES string of the molecule is COCCN(Cc1nnc(-c2cccs2)o1)C(=O)CSc1cccc2cccc(Cl)c12. The summed E-state index contributed by atoms with van der Waals surface area (Å²) in [5.41, 5.74) is 0. The molecule has 0 N–H and O–H groups in total. The summed E-state index contributed by atoms with van der Waals surface area (Å²) in [4.78, 5) is 16.6. The standard InChI is InChI=1S/C22H20ClN3O3S2/c1-28-11-10-26(13-19-24-25-22(29-19)18-9-4-12-30-18)20(27)14-31-17-8-3-6-15-5-2-7-16(23)21(15)17/h2-9,12H,10-11,13-14H2,1H3. The number of ether oxygens (including phenoxy) is 1. The van der Waals surface area contributed by atoms with Crippen molar-refractivity contribution in [3.8, 4) is 10.8 Å². The minimum absolute atomic E-state index is 0.0398. The second kappa shape index (κ2) is 10.3. The molecule has 0 radical (unpaired) electrons. The summed E-state index contributed by atoms with van der Waals surface area (Å²) in [6.45, 7) is 1.09. The maximum absolute atomic E-state index is 13.0. The number of aromatic nitrogens is 2. The van der Waals surface area contributed by atoms with Crippen molar-refractivity contribution in [1.29, 1.82) is 0 Å². The number of methoxy groups -OCH3 is 1. The Morgan fingerprint density at radius 1 is 1.19 bits per heavy atom. The van der Waals surface area contributed by atoms with Gasteiger partial charge in [-0.15, -0.1) is 33.3 Å². The highest BCUT2D eigenvalue weighted by Gasteiger charge is 2.19. The van der Waals surface area contributed by atoms with Crippen LogP contribution in [0.3, 0.4) is 0 Å². The molecule has 0 aliphatic carbocycles. The molecule has 0 aliphatic rings. The minimum atomic E-state index is -0.0398. The van der Waals surface area contributed by atoms with E-state index in [1.807, 2.05) is 53.9 Å². The monoisotopic (exact) mass is 473 g/mol. The van der Waals surface area contributed by atoms with Crippen molar-refractivity contribution >= 4 is 51.4 Å². The van der Waals surface area contributed by atoms with Crippen LogP contribution < -0.4 is 0 Å². The summed E-state index contributed by atoms with van der Waals surface area (Å²) in [6, 6.07) is 15.6. The first-order chi connectivity index (χ1) is 15.2. The summed E-state index contributed by atoms with van der Waals surface area (Å²) in [5, 5.41) is 12.8. The Morgan fingerprint density at radius 2 is 2.03 bits per heavy atom. The van der Waals surface area contributed by atoms with Gasteiger partial charge in [-0.2, -0.15) is 0 Å². The molecule has 0 atom stereocenters. The number of halogens is 1. The third-order valence-corrected chi connectivity index (χ3v) is 6.83. The number of fused-ring (bicyclic) bond motifs is 1. The van der Waals surface area contributed by atoms with Crippen LogP contribution in [0.15, 0.2) is 63.2 Å². The summed E-state index contributed by atoms with van der Waals surface area (Å²) in [6.07, 6.45) is 0. The molecule has 0 spiro atoms. The topological polar surface area (TPSA) is 68.5 Å². The Kier molecular flexibility index (Phi) is 7.24. The van der Waals surface area contributed by atoms with Gasteiger partial charge in [-0.05, 0) is 29.0 Å². The lowest BCUT2D eigenvalue weighted by Crippen LogP contribution is -2.34. The first-order valence-corrected chi connectivity index (χ1v) is 11.8. The zero-order valence-electron chi connectivity index (χ0n) is 16.8. The van der Waals surface area contributed by atoms with Crippen LogP contribution in [0.5, 0.6) is 0 Å². The van der Waals surface area contributed by atoms with Crippen LogP contribution in [0.2, 0.25) is 5.02 Å². The fraction of sp³-hybridized carbons (Fsp3) is 0.227. The second-order valence-electron chi connectivity index (χ2n) is 6.67. The third-order valence-electron chi connectivity index (χ3n) is 4.61. The van der Waals surface area contributed by atoms with Gasteiger partial charge in [0, 0.05) is 29.0 Å². The lowest BCUT2D eigenvalue weighted by atomic mass is 10.1. The van der Waals surface area contributed by atoms with Crippen molar-refractivity contribution in [3.63, 3.8) is 0 Å². The van der Waals surface area contributed by atoms with Gasteiger partial charge in [-0.1, -0.05) is 41.9 Å². The maximum atomic E-state index is 13.0. The van der Waals surface area contributed by atoms with E-state index in [4.69, 9.17) is 20.8 Å². The van der Waals surface area contributed by atoms with Gasteiger partial charge in [0.25, 0.3) is 5.89 Å². The number of hydrogen-bond donors (Lipinski definition) is 0. The Hall–Kier alpha value is -2.39. The first kappa shape index (κ1) is 21.8. The van der Waals surface area contributed by atoms with Crippen LogP contribution in [0.1, 0.15) is 5.89 Å². The highest BCUT2D eigenvalue weighted by Crippen LogP contribution is 2.33. The van der Waals surface area contributed by atoms with Gasteiger partial charge in [-0.25, -0.2) is 0 Å². The average Bonchev–Trinajstić information content (AvgIpc) is 3.47. The molecule has 0 saturated carbocycles. The molecule has 31 heavy (non-hydrogen) atoms. The fourth-order valence-corrected chi connectivity index (χ4v) is 5.08. The summed E-state index contributed by atoms with van der Waals surface area (Å²) in [7, 11) is 1.61. The zero-order valence-corrected chi connectivity index (χ0v) is 19.2. The Balaban J connectivity index is 1.46. The van der Waals surface area contributed by atoms with E-state index in [9.17, 15) is 4.79 Å². The van der Waals surface area contributed by atoms with E-state index in [2.05, 4.69) is 10.2 Å². The van der Waals surface area contributed by atoms with E-state index >= 15 is 0 Å². The zero-order chi connectivity index (χ0) is 21.6. The van der Waals surface area contributed by atoms with Gasteiger partial charge in [0.2, 0.25) is 11.8 Å². The number of amides is 1. The molecule has 2 aromatic carbocycles. The van der Waals surface area contributed by atoms with Crippen molar-refractivity contribution in [2.24, 2.45) is 0 Å². The molecule has 4 rings (SSSR count). The molecule has 160 valence electrons. The molecule has 2 heterocycles. The highest BCUT2D eigenvalue weighted by atomic mass is 35.5. The van der Waals surface area contributed by atoms with E-state index in [-0.39, 0.29) is 18.2 Å². The number of thiophene rings is 1. The quantitative estimate of drug-likeness (QED) is 0.304. The summed E-state index contributed by atoms with van der Waals surface area (Å²) < 4.78 is 10.9. The van der Waals surface area contributed by atoms with Crippen molar-refractivity contribution in [2.75, 3.05) is 26.0 Å². The smallest absolute Gasteiger partial charge is 0.257 e. The Bertz CT molecular complexity index is 1160. The van der Waals surface area contributed by atoms with Gasteiger partial charge in [0.15, 0.2) is 0 Å². The average molecular weight is 474 g/mol. The number of hydrogen-bond acceptors (Lipinski definition) is 7. The molecule has 2 aromatic heterocycles. The molecule has 0 aliphatic heterocycles. The lowest BCUT2D eigenvalue weighted by molar-refractivity contribution is -0.129. The number of carbonyl (C=O) groups excluding carboxylic acids is 1. The van der Waals surface area contributed by atoms with Crippen LogP contribution in [0.4, 0.5) is 0 Å². The molecule has 6 nitrogen and oxygen atoms in total. The predicted molar refractivity (Wildman–Crippen MR) is 125 cm³/mol. The lowest BCUT2D eigenvalue weighted by Gasteiger charge is -2.20. The maximum Gasteiger partial charge on any atom is 0.257 e. The number of nitrogens with zero attached hydrogens (tertiary/aromatic N) is 3. The van der Waals surface area contributed by atoms with Gasteiger partial charge in [0.05, 0.1) is 23.8 Å². The molecule has 0 unspecified atom stereocenters. The number of benzene rings is 2. The highest BCUT2D eigenvalue weighted by molar-refractivity contribution is 8.00. The summed E-state index contributed by atoms with van der Waals surface area (Å²) in [5.74, 6) is 1.08. The van der Waals surface area contributed by atoms with E-state index in [0.717, 1.165) is 20.5 Å². The minimum Gasteiger partial charge on any atom is -0.418 e. The van der Waals surface area contributed by atoms with Crippen LogP contribution in [0.25, 0.3) is 21.5 Å². The second-order valence-corrected chi connectivity index (χ2v) is 9.04. The van der Waals surface area contributed by atoms with Crippen LogP contribution in [0, 0.1) is 0 Å².